The van der Waals surface area contributed by atoms with E-state index in [1.54, 1.807) is 14.2 Å². The topological polar surface area (TPSA) is 18.5 Å². The molecule has 0 saturated heterocycles. The van der Waals surface area contributed by atoms with Crippen molar-refractivity contribution in [1.82, 2.24) is 0 Å². The van der Waals surface area contributed by atoms with Gasteiger partial charge in [0.1, 0.15) is 0 Å². The van der Waals surface area contributed by atoms with Gasteiger partial charge in [-0.3, -0.25) is 0 Å². The third kappa shape index (κ3) is 6.24. The molecule has 0 aromatic carbocycles. The van der Waals surface area contributed by atoms with E-state index in [1.807, 2.05) is 57.8 Å². The summed E-state index contributed by atoms with van der Waals surface area (Å²) in [4.78, 5) is 0. The Kier molecular flexibility index (Phi) is 10.9. The van der Waals surface area contributed by atoms with Gasteiger partial charge < -0.3 is 9.47 Å². The first-order valence-corrected chi connectivity index (χ1v) is 4.82. The molecule has 2 nitrogen and oxygen atoms in total. The molecule has 3 heteroatoms. The van der Waals surface area contributed by atoms with Crippen LogP contribution in [0.5, 0.6) is 0 Å². The summed E-state index contributed by atoms with van der Waals surface area (Å²) in [6.45, 7) is 0. The smallest absolute Gasteiger partial charge is 0.355 e. The Bertz CT molecular complexity index is 131. The summed E-state index contributed by atoms with van der Waals surface area (Å²) >= 11 is 0. The van der Waals surface area contributed by atoms with Gasteiger partial charge in [-0.2, -0.15) is 0 Å². The first-order chi connectivity index (χ1) is 7.38. The normalized spacial score (nSPS) is 20.4. The molecule has 2 fully saturated rings. The van der Waals surface area contributed by atoms with E-state index < -0.39 is 0 Å². The number of ether oxygens (including phenoxy) is 2. The van der Waals surface area contributed by atoms with E-state index in [4.69, 9.17) is 9.47 Å². The van der Waals surface area contributed by atoms with Crippen LogP contribution in [0, 0.1) is 63.7 Å². The van der Waals surface area contributed by atoms with Gasteiger partial charge in [0, 0.05) is 20.1 Å². The number of hydrogen-bond donors (Lipinski definition) is 0. The van der Waals surface area contributed by atoms with Crippen LogP contribution in [0.2, 0.25) is 0 Å². The van der Waals surface area contributed by atoms with Crippen molar-refractivity contribution in [1.29, 1.82) is 0 Å². The molecule has 0 aliphatic heterocycles. The molecular weight excluding hydrogens is 244 g/mol. The van der Waals surface area contributed by atoms with Gasteiger partial charge in [0.05, 0.1) is 0 Å². The van der Waals surface area contributed by atoms with E-state index in [0.29, 0.717) is 0 Å². The summed E-state index contributed by atoms with van der Waals surface area (Å²) < 4.78 is 10.0. The summed E-state index contributed by atoms with van der Waals surface area (Å²) in [6, 6.07) is 0. The monoisotopic (exact) mass is 260 g/mol. The SMILES string of the molecule is COC(OC)[C]1[CH][CH][CH][CH]1.[CH]1[CH][CH][CH][CH]1.[Fe+2]. The van der Waals surface area contributed by atoms with E-state index >= 15 is 0 Å². The molecule has 10 radical (unpaired) electrons. The summed E-state index contributed by atoms with van der Waals surface area (Å²) in [5, 5.41) is 0. The number of methoxy groups -OCH3 is 2. The summed E-state index contributed by atoms with van der Waals surface area (Å²) in [6.07, 6.45) is 17.6. The van der Waals surface area contributed by atoms with Gasteiger partial charge in [-0.1, -0.05) is 0 Å². The van der Waals surface area contributed by atoms with Gasteiger partial charge in [-0.25, -0.2) is 0 Å². The van der Waals surface area contributed by atoms with Gasteiger partial charge in [0.15, 0.2) is 6.29 Å². The maximum Gasteiger partial charge on any atom is 2.00 e. The second-order valence-corrected chi connectivity index (χ2v) is 2.98. The fourth-order valence-corrected chi connectivity index (χ4v) is 1.24. The van der Waals surface area contributed by atoms with Gasteiger partial charge in [-0.15, -0.1) is 0 Å². The van der Waals surface area contributed by atoms with Crippen LogP contribution < -0.4 is 0 Å². The van der Waals surface area contributed by atoms with Gasteiger partial charge in [0.2, 0.25) is 0 Å². The maximum absolute atomic E-state index is 5.02. The Morgan fingerprint density at radius 3 is 1.44 bits per heavy atom. The average molecular weight is 260 g/mol. The Morgan fingerprint density at radius 1 is 0.750 bits per heavy atom. The molecule has 2 aliphatic carbocycles. The van der Waals surface area contributed by atoms with Crippen LogP contribution in [0.25, 0.3) is 0 Å². The minimum Gasteiger partial charge on any atom is -0.355 e. The zero-order valence-corrected chi connectivity index (χ0v) is 10.5. The van der Waals surface area contributed by atoms with Gasteiger partial charge in [-0.05, 0) is 57.8 Å². The fraction of sp³-hybridized carbons (Fsp3) is 0.231. The van der Waals surface area contributed by atoms with E-state index in [9.17, 15) is 0 Å². The largest absolute Gasteiger partial charge is 2.00 e. The maximum atomic E-state index is 5.02. The van der Waals surface area contributed by atoms with Crippen LogP contribution in [0.15, 0.2) is 0 Å². The number of rotatable bonds is 3. The Morgan fingerprint density at radius 2 is 1.12 bits per heavy atom. The molecular formula is C13H16FeO2+2. The molecule has 0 atom stereocenters. The Labute approximate surface area is 111 Å². The predicted molar refractivity (Wildman–Crippen MR) is 59.7 cm³/mol. The molecule has 0 spiro atoms. The van der Waals surface area contributed by atoms with Crippen LogP contribution in [0.4, 0.5) is 0 Å². The van der Waals surface area contributed by atoms with Crippen LogP contribution in [-0.4, -0.2) is 20.5 Å². The molecule has 16 heavy (non-hydrogen) atoms. The minimum atomic E-state index is -0.213. The van der Waals surface area contributed by atoms with Crippen molar-refractivity contribution in [3.63, 3.8) is 0 Å². The minimum absolute atomic E-state index is 0. The van der Waals surface area contributed by atoms with Gasteiger partial charge in [0.25, 0.3) is 0 Å². The van der Waals surface area contributed by atoms with Gasteiger partial charge >= 0.3 is 17.1 Å². The first-order valence-electron chi connectivity index (χ1n) is 4.82. The molecule has 2 rings (SSSR count). The second-order valence-electron chi connectivity index (χ2n) is 2.98. The zero-order chi connectivity index (χ0) is 10.9. The van der Waals surface area contributed by atoms with Crippen LogP contribution in [0.1, 0.15) is 0 Å². The van der Waals surface area contributed by atoms with Crippen molar-refractivity contribution in [2.24, 2.45) is 0 Å². The molecule has 0 N–H and O–H groups in total. The summed E-state index contributed by atoms with van der Waals surface area (Å²) in [5.74, 6) is 1.06. The van der Waals surface area contributed by atoms with E-state index in [2.05, 4.69) is 0 Å². The third-order valence-electron chi connectivity index (χ3n) is 1.94. The molecule has 0 unspecified atom stereocenters. The molecule has 0 aromatic rings. The molecule has 0 bridgehead atoms. The van der Waals surface area contributed by atoms with Crippen molar-refractivity contribution in [3.8, 4) is 0 Å². The van der Waals surface area contributed by atoms with Crippen LogP contribution in [0.3, 0.4) is 0 Å². The standard InChI is InChI=1S/C8H11O2.C5H5.Fe/c1-9-8(10-2)7-5-3-4-6-7;1-2-4-5-3-1;/h3-6,8H,1-2H3;1-5H;/q;;+2. The zero-order valence-electron chi connectivity index (χ0n) is 9.44. The summed E-state index contributed by atoms with van der Waals surface area (Å²) in [7, 11) is 3.25. The van der Waals surface area contributed by atoms with Crippen molar-refractivity contribution in [2.75, 3.05) is 14.2 Å². The van der Waals surface area contributed by atoms with Crippen molar-refractivity contribution < 1.29 is 26.5 Å². The summed E-state index contributed by atoms with van der Waals surface area (Å²) in [5.41, 5.74) is 0. The number of hydrogen-bond acceptors (Lipinski definition) is 2. The average Bonchev–Trinajstić information content (AvgIpc) is 2.96. The molecule has 0 heterocycles. The second kappa shape index (κ2) is 10.6. The first kappa shape index (κ1) is 16.4. The quantitative estimate of drug-likeness (QED) is 0.571. The van der Waals surface area contributed by atoms with Crippen LogP contribution in [-0.2, 0) is 26.5 Å². The van der Waals surface area contributed by atoms with Crippen molar-refractivity contribution >= 4 is 0 Å². The molecule has 86 valence electrons. The molecule has 0 aromatic heterocycles. The Hall–Kier alpha value is 0.439. The van der Waals surface area contributed by atoms with Crippen molar-refractivity contribution in [3.05, 3.63) is 63.7 Å². The van der Waals surface area contributed by atoms with E-state index in [0.717, 1.165) is 5.92 Å². The molecule has 2 aliphatic rings. The van der Waals surface area contributed by atoms with Crippen molar-refractivity contribution in [2.45, 2.75) is 6.29 Å². The van der Waals surface area contributed by atoms with Crippen LogP contribution >= 0.6 is 0 Å². The Balaban J connectivity index is 0.000000318. The van der Waals surface area contributed by atoms with E-state index in [-0.39, 0.29) is 23.4 Å². The van der Waals surface area contributed by atoms with E-state index in [1.165, 1.54) is 0 Å². The molecule has 0 amide bonds. The fourth-order valence-electron chi connectivity index (χ4n) is 1.24. The predicted octanol–water partition coefficient (Wildman–Crippen LogP) is 2.03. The third-order valence-corrected chi connectivity index (χ3v) is 1.94. The molecule has 2 saturated carbocycles.